The predicted molar refractivity (Wildman–Crippen MR) is 80.2 cm³/mol. The molecule has 0 fully saturated rings. The maximum atomic E-state index is 13.1. The standard InChI is InChI=1S/C15H18FN3S/c1-10(17-3)14-8-18-15(19-11(14)2)9-20-13-6-4-5-12(16)7-13/h4-8,10,17H,9H2,1-3H3. The molecule has 1 aromatic heterocycles. The molecule has 0 aliphatic rings. The number of rotatable bonds is 5. The fraction of sp³-hybridized carbons (Fsp3) is 0.333. The van der Waals surface area contributed by atoms with Crippen LogP contribution in [0.5, 0.6) is 0 Å². The van der Waals surface area contributed by atoms with Crippen molar-refractivity contribution in [1.29, 1.82) is 0 Å². The highest BCUT2D eigenvalue weighted by molar-refractivity contribution is 7.98. The van der Waals surface area contributed by atoms with Crippen molar-refractivity contribution in [1.82, 2.24) is 15.3 Å². The first-order chi connectivity index (χ1) is 9.60. The van der Waals surface area contributed by atoms with E-state index in [9.17, 15) is 4.39 Å². The van der Waals surface area contributed by atoms with E-state index in [0.29, 0.717) is 5.75 Å². The summed E-state index contributed by atoms with van der Waals surface area (Å²) in [5.41, 5.74) is 2.09. The molecular formula is C15H18FN3S. The van der Waals surface area contributed by atoms with Gasteiger partial charge < -0.3 is 5.32 Å². The van der Waals surface area contributed by atoms with Gasteiger partial charge >= 0.3 is 0 Å². The van der Waals surface area contributed by atoms with Crippen LogP contribution >= 0.6 is 11.8 Å². The second-order valence-electron chi connectivity index (χ2n) is 4.58. The van der Waals surface area contributed by atoms with Gasteiger partial charge in [-0.05, 0) is 39.1 Å². The van der Waals surface area contributed by atoms with Gasteiger partial charge in [0.15, 0.2) is 0 Å². The summed E-state index contributed by atoms with van der Waals surface area (Å²) in [7, 11) is 1.91. The van der Waals surface area contributed by atoms with Crippen LogP contribution in [0.15, 0.2) is 35.4 Å². The second kappa shape index (κ2) is 6.81. The van der Waals surface area contributed by atoms with Crippen molar-refractivity contribution in [3.05, 3.63) is 53.4 Å². The first-order valence-corrected chi connectivity index (χ1v) is 7.46. The summed E-state index contributed by atoms with van der Waals surface area (Å²) in [5, 5.41) is 3.18. The number of benzene rings is 1. The number of aryl methyl sites for hydroxylation is 1. The van der Waals surface area contributed by atoms with E-state index in [0.717, 1.165) is 22.0 Å². The number of halogens is 1. The van der Waals surface area contributed by atoms with Crippen molar-refractivity contribution in [2.45, 2.75) is 30.5 Å². The van der Waals surface area contributed by atoms with Gasteiger partial charge in [-0.1, -0.05) is 6.07 Å². The van der Waals surface area contributed by atoms with Gasteiger partial charge in [0.2, 0.25) is 0 Å². The molecule has 3 nitrogen and oxygen atoms in total. The summed E-state index contributed by atoms with van der Waals surface area (Å²) in [6.07, 6.45) is 1.87. The lowest BCUT2D eigenvalue weighted by Gasteiger charge is -2.13. The first-order valence-electron chi connectivity index (χ1n) is 6.48. The SMILES string of the molecule is CNC(C)c1cnc(CSc2cccc(F)c2)nc1C. The Morgan fingerprint density at radius 2 is 2.20 bits per heavy atom. The average molecular weight is 291 g/mol. The zero-order chi connectivity index (χ0) is 14.5. The molecule has 0 saturated heterocycles. The van der Waals surface area contributed by atoms with Crippen LogP contribution in [0.4, 0.5) is 4.39 Å². The molecule has 2 rings (SSSR count). The Kier molecular flexibility index (Phi) is 5.09. The van der Waals surface area contributed by atoms with Crippen molar-refractivity contribution in [3.8, 4) is 0 Å². The van der Waals surface area contributed by atoms with E-state index in [-0.39, 0.29) is 11.9 Å². The van der Waals surface area contributed by atoms with Crippen LogP contribution in [-0.4, -0.2) is 17.0 Å². The molecule has 1 aromatic carbocycles. The minimum Gasteiger partial charge on any atom is -0.313 e. The van der Waals surface area contributed by atoms with E-state index in [4.69, 9.17) is 0 Å². The summed E-state index contributed by atoms with van der Waals surface area (Å²) in [5.74, 6) is 1.19. The van der Waals surface area contributed by atoms with Gasteiger partial charge in [0, 0.05) is 28.4 Å². The fourth-order valence-corrected chi connectivity index (χ4v) is 2.68. The first kappa shape index (κ1) is 14.9. The molecule has 1 N–H and O–H groups in total. The van der Waals surface area contributed by atoms with Gasteiger partial charge in [-0.2, -0.15) is 0 Å². The highest BCUT2D eigenvalue weighted by atomic mass is 32.2. The number of hydrogen-bond donors (Lipinski definition) is 1. The van der Waals surface area contributed by atoms with Crippen LogP contribution in [0.2, 0.25) is 0 Å². The van der Waals surface area contributed by atoms with Crippen molar-refractivity contribution >= 4 is 11.8 Å². The summed E-state index contributed by atoms with van der Waals surface area (Å²) in [6.45, 7) is 4.06. The van der Waals surface area contributed by atoms with Gasteiger partial charge in [-0.15, -0.1) is 11.8 Å². The number of nitrogens with one attached hydrogen (secondary N) is 1. The van der Waals surface area contributed by atoms with Gasteiger partial charge in [0.05, 0.1) is 5.75 Å². The molecular weight excluding hydrogens is 273 g/mol. The molecule has 0 radical (unpaired) electrons. The number of hydrogen-bond acceptors (Lipinski definition) is 4. The second-order valence-corrected chi connectivity index (χ2v) is 5.63. The molecule has 0 bridgehead atoms. The molecule has 0 aliphatic heterocycles. The van der Waals surface area contributed by atoms with Crippen LogP contribution in [0, 0.1) is 12.7 Å². The lowest BCUT2D eigenvalue weighted by Crippen LogP contribution is -2.15. The quantitative estimate of drug-likeness (QED) is 0.856. The Labute approximate surface area is 123 Å². The van der Waals surface area contributed by atoms with E-state index in [2.05, 4.69) is 22.2 Å². The zero-order valence-electron chi connectivity index (χ0n) is 11.9. The lowest BCUT2D eigenvalue weighted by atomic mass is 10.1. The van der Waals surface area contributed by atoms with E-state index in [1.54, 1.807) is 6.07 Å². The molecule has 106 valence electrons. The lowest BCUT2D eigenvalue weighted by molar-refractivity contribution is 0.624. The maximum absolute atomic E-state index is 13.1. The smallest absolute Gasteiger partial charge is 0.138 e. The van der Waals surface area contributed by atoms with Crippen LogP contribution in [0.25, 0.3) is 0 Å². The summed E-state index contributed by atoms with van der Waals surface area (Å²) in [4.78, 5) is 9.78. The Balaban J connectivity index is 2.05. The molecule has 20 heavy (non-hydrogen) atoms. The third-order valence-corrected chi connectivity index (χ3v) is 4.12. The van der Waals surface area contributed by atoms with Crippen molar-refractivity contribution < 1.29 is 4.39 Å². The Bertz CT molecular complexity index is 589. The van der Waals surface area contributed by atoms with E-state index in [1.807, 2.05) is 26.2 Å². The Morgan fingerprint density at radius 3 is 2.85 bits per heavy atom. The molecule has 5 heteroatoms. The van der Waals surface area contributed by atoms with Crippen LogP contribution in [0.3, 0.4) is 0 Å². The monoisotopic (exact) mass is 291 g/mol. The Hall–Kier alpha value is -1.46. The van der Waals surface area contributed by atoms with Crippen LogP contribution < -0.4 is 5.32 Å². The number of nitrogens with zero attached hydrogens (tertiary/aromatic N) is 2. The molecule has 0 spiro atoms. The van der Waals surface area contributed by atoms with Crippen molar-refractivity contribution in [2.75, 3.05) is 7.05 Å². The third-order valence-electron chi connectivity index (χ3n) is 3.13. The highest BCUT2D eigenvalue weighted by Crippen LogP contribution is 2.22. The van der Waals surface area contributed by atoms with Crippen molar-refractivity contribution in [2.24, 2.45) is 0 Å². The molecule has 0 amide bonds. The van der Waals surface area contributed by atoms with Gasteiger partial charge in [-0.25, -0.2) is 14.4 Å². The molecule has 0 aliphatic carbocycles. The minimum absolute atomic E-state index is 0.217. The van der Waals surface area contributed by atoms with Gasteiger partial charge in [0.1, 0.15) is 11.6 Å². The number of thioether (sulfide) groups is 1. The summed E-state index contributed by atoms with van der Waals surface area (Å²) in [6, 6.07) is 6.80. The molecule has 0 saturated carbocycles. The largest absolute Gasteiger partial charge is 0.313 e. The highest BCUT2D eigenvalue weighted by Gasteiger charge is 2.09. The van der Waals surface area contributed by atoms with Crippen LogP contribution in [-0.2, 0) is 5.75 Å². The molecule has 1 heterocycles. The summed E-state index contributed by atoms with van der Waals surface area (Å²) >= 11 is 1.54. The van der Waals surface area contributed by atoms with E-state index >= 15 is 0 Å². The van der Waals surface area contributed by atoms with Crippen molar-refractivity contribution in [3.63, 3.8) is 0 Å². The molecule has 1 atom stereocenters. The van der Waals surface area contributed by atoms with E-state index in [1.165, 1.54) is 23.9 Å². The Morgan fingerprint density at radius 1 is 1.40 bits per heavy atom. The minimum atomic E-state index is -0.217. The number of aromatic nitrogens is 2. The summed E-state index contributed by atoms with van der Waals surface area (Å²) < 4.78 is 13.1. The third kappa shape index (κ3) is 3.77. The molecule has 1 unspecified atom stereocenters. The topological polar surface area (TPSA) is 37.8 Å². The maximum Gasteiger partial charge on any atom is 0.138 e. The molecule has 2 aromatic rings. The van der Waals surface area contributed by atoms with E-state index < -0.39 is 0 Å². The normalized spacial score (nSPS) is 12.4. The van der Waals surface area contributed by atoms with Crippen LogP contribution in [0.1, 0.15) is 30.0 Å². The predicted octanol–water partition coefficient (Wildman–Crippen LogP) is 3.50. The van der Waals surface area contributed by atoms with Gasteiger partial charge in [0.25, 0.3) is 0 Å². The van der Waals surface area contributed by atoms with Gasteiger partial charge in [-0.3, -0.25) is 0 Å². The average Bonchev–Trinajstić information content (AvgIpc) is 2.44. The fourth-order valence-electron chi connectivity index (χ4n) is 1.88. The zero-order valence-corrected chi connectivity index (χ0v) is 12.7.